The van der Waals surface area contributed by atoms with E-state index in [9.17, 15) is 33.3 Å². The van der Waals surface area contributed by atoms with Gasteiger partial charge in [0.2, 0.25) is 0 Å². The Kier molecular flexibility index (Phi) is 9.06. The van der Waals surface area contributed by atoms with Crippen LogP contribution in [0.15, 0.2) is 36.5 Å². The number of nitrogens with zero attached hydrogens (tertiary/aromatic N) is 4. The molecule has 0 bridgehead atoms. The maximum absolute atomic E-state index is 14.2. The van der Waals surface area contributed by atoms with E-state index in [1.807, 2.05) is 0 Å². The molecule has 5 unspecified atom stereocenters. The fourth-order valence-corrected chi connectivity index (χ4v) is 5.71. The van der Waals surface area contributed by atoms with Crippen LogP contribution >= 0.6 is 23.2 Å². The molecule has 3 aromatic rings. The zero-order valence-corrected chi connectivity index (χ0v) is 23.3. The van der Waals surface area contributed by atoms with Crippen LogP contribution in [-0.4, -0.2) is 99.7 Å². The minimum absolute atomic E-state index is 0.0336. The van der Waals surface area contributed by atoms with Crippen molar-refractivity contribution in [2.75, 3.05) is 31.8 Å². The Morgan fingerprint density at radius 3 is 2.36 bits per heavy atom. The molecule has 3 heterocycles. The van der Waals surface area contributed by atoms with E-state index in [1.54, 1.807) is 0 Å². The molecule has 0 saturated carbocycles. The first-order chi connectivity index (χ1) is 20.0. The van der Waals surface area contributed by atoms with Crippen LogP contribution in [0.1, 0.15) is 6.04 Å². The Morgan fingerprint density at radius 1 is 1.12 bits per heavy atom. The predicted octanol–water partition coefficient (Wildman–Crippen LogP) is 2.14. The quantitative estimate of drug-likeness (QED) is 0.334. The van der Waals surface area contributed by atoms with Gasteiger partial charge in [0.1, 0.15) is 36.2 Å². The molecule has 2 fully saturated rings. The Hall–Kier alpha value is -2.82. The third-order valence-corrected chi connectivity index (χ3v) is 7.63. The van der Waals surface area contributed by atoms with Crippen molar-refractivity contribution >= 4 is 34.8 Å². The molecule has 1 aromatic heterocycles. The van der Waals surface area contributed by atoms with Gasteiger partial charge in [0.25, 0.3) is 5.91 Å². The molecule has 11 nitrogen and oxygen atoms in total. The third-order valence-electron chi connectivity index (χ3n) is 7.19. The van der Waals surface area contributed by atoms with Crippen LogP contribution in [0.25, 0.3) is 11.3 Å². The van der Waals surface area contributed by atoms with Crippen LogP contribution in [0, 0.1) is 17.5 Å². The summed E-state index contributed by atoms with van der Waals surface area (Å²) < 4.78 is 59.2. The predicted molar refractivity (Wildman–Crippen MR) is 141 cm³/mol. The van der Waals surface area contributed by atoms with Gasteiger partial charge < -0.3 is 34.4 Å². The van der Waals surface area contributed by atoms with Gasteiger partial charge in [0, 0.05) is 28.4 Å². The SMILES string of the molecule is COC1C(C(=O)N(c2cc(Cl)cc(Cl)c2)[C@H]2COC[C@@H]2O)OC(CO)C(O)C1n1cc(-c2cc(F)c(F)c(F)c2)nn1. The molecule has 2 aliphatic heterocycles. The number of halogens is 5. The fraction of sp³-hybridized carbons (Fsp3) is 0.423. The second kappa shape index (κ2) is 12.4. The van der Waals surface area contributed by atoms with E-state index in [0.717, 1.165) is 16.8 Å². The average molecular weight is 633 g/mol. The summed E-state index contributed by atoms with van der Waals surface area (Å²) in [5, 5.41) is 40.0. The van der Waals surface area contributed by atoms with Crippen molar-refractivity contribution in [3.05, 3.63) is 64.0 Å². The maximum Gasteiger partial charge on any atom is 0.259 e. The molecular weight excluding hydrogens is 608 g/mol. The minimum Gasteiger partial charge on any atom is -0.394 e. The maximum atomic E-state index is 14.2. The van der Waals surface area contributed by atoms with Gasteiger partial charge in [-0.2, -0.15) is 0 Å². The number of aliphatic hydroxyl groups excluding tert-OH is 3. The molecule has 3 N–H and O–H groups in total. The van der Waals surface area contributed by atoms with E-state index in [0.29, 0.717) is 0 Å². The standard InChI is InChI=1S/C26H25Cl2F3N4O7/c1-40-24-22(34-7-17(32-33-34)11-2-15(29)21(31)16(30)3-11)23(38)20(8-36)42-25(24)26(39)35(18-9-41-10-19(18)37)14-5-12(27)4-13(28)6-14/h2-7,18-20,22-25,36-38H,8-10H2,1H3/t18-,19-,20?,22?,23?,24?,25?/m0/s1. The fourth-order valence-electron chi connectivity index (χ4n) is 5.19. The van der Waals surface area contributed by atoms with Crippen molar-refractivity contribution < 1.29 is 47.5 Å². The molecule has 2 aliphatic rings. The highest BCUT2D eigenvalue weighted by atomic mass is 35.5. The number of amides is 1. The summed E-state index contributed by atoms with van der Waals surface area (Å²) in [6.45, 7) is -0.797. The highest BCUT2D eigenvalue weighted by molar-refractivity contribution is 6.35. The molecule has 0 spiro atoms. The molecule has 1 amide bonds. The van der Waals surface area contributed by atoms with E-state index in [-0.39, 0.29) is 40.2 Å². The Morgan fingerprint density at radius 2 is 1.79 bits per heavy atom. The molecule has 7 atom stereocenters. The van der Waals surface area contributed by atoms with Crippen molar-refractivity contribution in [1.29, 1.82) is 0 Å². The van der Waals surface area contributed by atoms with E-state index >= 15 is 0 Å². The second-order valence-corrected chi connectivity index (χ2v) is 10.7. The number of ether oxygens (including phenoxy) is 3. The highest BCUT2D eigenvalue weighted by Crippen LogP contribution is 2.36. The molecule has 0 aliphatic carbocycles. The van der Waals surface area contributed by atoms with Crippen molar-refractivity contribution in [2.24, 2.45) is 0 Å². The van der Waals surface area contributed by atoms with Crippen LogP contribution in [0.5, 0.6) is 0 Å². The number of aromatic nitrogens is 3. The van der Waals surface area contributed by atoms with Gasteiger partial charge in [-0.15, -0.1) is 5.10 Å². The number of aliphatic hydroxyl groups is 3. The molecule has 2 aromatic carbocycles. The molecule has 5 rings (SSSR count). The number of hydrogen-bond donors (Lipinski definition) is 3. The van der Waals surface area contributed by atoms with E-state index in [1.165, 1.54) is 36.4 Å². The first-order valence-corrected chi connectivity index (χ1v) is 13.4. The van der Waals surface area contributed by atoms with Crippen LogP contribution in [0.3, 0.4) is 0 Å². The lowest BCUT2D eigenvalue weighted by Gasteiger charge is -2.45. The lowest BCUT2D eigenvalue weighted by molar-refractivity contribution is -0.211. The third kappa shape index (κ3) is 5.73. The van der Waals surface area contributed by atoms with Gasteiger partial charge in [-0.05, 0) is 30.3 Å². The zero-order valence-electron chi connectivity index (χ0n) is 21.8. The normalized spacial score (nSPS) is 27.8. The number of carbonyl (C=O) groups is 1. The van der Waals surface area contributed by atoms with Crippen molar-refractivity contribution in [2.45, 2.75) is 42.6 Å². The van der Waals surface area contributed by atoms with Crippen LogP contribution < -0.4 is 4.90 Å². The smallest absolute Gasteiger partial charge is 0.259 e. The van der Waals surface area contributed by atoms with E-state index in [4.69, 9.17) is 37.4 Å². The second-order valence-electron chi connectivity index (χ2n) is 9.80. The van der Waals surface area contributed by atoms with E-state index < -0.39 is 72.6 Å². The van der Waals surface area contributed by atoms with Crippen LogP contribution in [0.2, 0.25) is 10.0 Å². The van der Waals surface area contributed by atoms with Gasteiger partial charge in [0.15, 0.2) is 23.6 Å². The zero-order chi connectivity index (χ0) is 30.3. The van der Waals surface area contributed by atoms with Crippen LogP contribution in [0.4, 0.5) is 18.9 Å². The average Bonchev–Trinajstić information content (AvgIpc) is 3.60. The molecule has 16 heteroatoms. The molecule has 2 saturated heterocycles. The highest BCUT2D eigenvalue weighted by Gasteiger charge is 2.52. The van der Waals surface area contributed by atoms with Gasteiger partial charge in [-0.1, -0.05) is 28.4 Å². The number of methoxy groups -OCH3 is 1. The first kappa shape index (κ1) is 30.6. The van der Waals surface area contributed by atoms with Crippen molar-refractivity contribution in [3.8, 4) is 11.3 Å². The topological polar surface area (TPSA) is 139 Å². The summed E-state index contributed by atoms with van der Waals surface area (Å²) in [6.07, 6.45) is -5.47. The Labute approximate surface area is 246 Å². The van der Waals surface area contributed by atoms with E-state index in [2.05, 4.69) is 10.3 Å². The molecular formula is C26H25Cl2F3N4O7. The summed E-state index contributed by atoms with van der Waals surface area (Å²) in [5.74, 6) is -5.27. The summed E-state index contributed by atoms with van der Waals surface area (Å²) >= 11 is 12.4. The minimum atomic E-state index is -1.65. The molecule has 0 radical (unpaired) electrons. The summed E-state index contributed by atoms with van der Waals surface area (Å²) in [4.78, 5) is 15.5. The summed E-state index contributed by atoms with van der Waals surface area (Å²) in [7, 11) is 1.25. The first-order valence-electron chi connectivity index (χ1n) is 12.6. The summed E-state index contributed by atoms with van der Waals surface area (Å²) in [5.41, 5.74) is 0.00190. The van der Waals surface area contributed by atoms with Gasteiger partial charge in [-0.3, -0.25) is 4.79 Å². The summed E-state index contributed by atoms with van der Waals surface area (Å²) in [6, 6.07) is 3.73. The monoisotopic (exact) mass is 632 g/mol. The molecule has 226 valence electrons. The lowest BCUT2D eigenvalue weighted by atomic mass is 9.91. The Bertz CT molecular complexity index is 1420. The largest absolute Gasteiger partial charge is 0.394 e. The van der Waals surface area contributed by atoms with Crippen molar-refractivity contribution in [1.82, 2.24) is 15.0 Å². The number of anilines is 1. The van der Waals surface area contributed by atoms with Crippen molar-refractivity contribution in [3.63, 3.8) is 0 Å². The molecule has 42 heavy (non-hydrogen) atoms. The number of benzene rings is 2. The number of rotatable bonds is 7. The number of carbonyl (C=O) groups excluding carboxylic acids is 1. The van der Waals surface area contributed by atoms with Crippen LogP contribution in [-0.2, 0) is 19.0 Å². The Balaban J connectivity index is 1.54. The van der Waals surface area contributed by atoms with Gasteiger partial charge >= 0.3 is 0 Å². The number of hydrogen-bond acceptors (Lipinski definition) is 9. The lowest BCUT2D eigenvalue weighted by Crippen LogP contribution is -2.63. The van der Waals surface area contributed by atoms with Gasteiger partial charge in [-0.25, -0.2) is 17.9 Å². The van der Waals surface area contributed by atoms with Gasteiger partial charge in [0.05, 0.1) is 32.1 Å².